The van der Waals surface area contributed by atoms with E-state index < -0.39 is 11.6 Å². The van der Waals surface area contributed by atoms with Crippen LogP contribution in [0.5, 0.6) is 5.75 Å². The van der Waals surface area contributed by atoms with Gasteiger partial charge in [-0.3, -0.25) is 4.79 Å². The molecule has 0 aliphatic heterocycles. The second-order valence-electron chi connectivity index (χ2n) is 7.00. The molecule has 0 heterocycles. The van der Waals surface area contributed by atoms with E-state index in [0.717, 1.165) is 6.42 Å². The van der Waals surface area contributed by atoms with Gasteiger partial charge in [0.05, 0.1) is 13.2 Å². The van der Waals surface area contributed by atoms with E-state index in [1.165, 1.54) is 0 Å². The molecule has 1 aromatic rings. The normalized spacial score (nSPS) is 13.1. The van der Waals surface area contributed by atoms with Gasteiger partial charge in [0.2, 0.25) is 0 Å². The van der Waals surface area contributed by atoms with Gasteiger partial charge in [-0.15, -0.1) is 0 Å². The highest BCUT2D eigenvalue weighted by Gasteiger charge is 2.35. The molecule has 0 radical (unpaired) electrons. The highest BCUT2D eigenvalue weighted by atomic mass is 16.5. The first-order chi connectivity index (χ1) is 12.8. The highest BCUT2D eigenvalue weighted by molar-refractivity contribution is 5.99. The zero-order chi connectivity index (χ0) is 20.4. The quantitative estimate of drug-likeness (QED) is 0.576. The smallest absolute Gasteiger partial charge is 0.341 e. The van der Waals surface area contributed by atoms with Crippen molar-refractivity contribution in [3.63, 3.8) is 0 Å². The predicted octanol–water partition coefficient (Wildman–Crippen LogP) is 4.43. The van der Waals surface area contributed by atoms with Crippen LogP contribution in [0.1, 0.15) is 64.7 Å². The Bertz CT molecular complexity index is 629. The summed E-state index contributed by atoms with van der Waals surface area (Å²) in [5.74, 6) is 0.0157. The summed E-state index contributed by atoms with van der Waals surface area (Å²) in [6, 6.07) is 4.95. The molecule has 0 spiro atoms. The van der Waals surface area contributed by atoms with Crippen molar-refractivity contribution in [2.75, 3.05) is 25.1 Å². The van der Waals surface area contributed by atoms with Crippen LogP contribution in [0.4, 0.5) is 5.69 Å². The Labute approximate surface area is 162 Å². The maximum absolute atomic E-state index is 12.9. The molecule has 1 atom stereocenters. The van der Waals surface area contributed by atoms with Crippen LogP contribution in [-0.2, 0) is 14.3 Å². The zero-order valence-corrected chi connectivity index (χ0v) is 17.4. The van der Waals surface area contributed by atoms with Crippen LogP contribution in [0, 0.1) is 5.92 Å². The van der Waals surface area contributed by atoms with Crippen LogP contribution in [0.15, 0.2) is 18.2 Å². The summed E-state index contributed by atoms with van der Waals surface area (Å²) in [4.78, 5) is 25.1. The van der Waals surface area contributed by atoms with Crippen molar-refractivity contribution >= 4 is 17.6 Å². The maximum Gasteiger partial charge on any atom is 0.341 e. The Morgan fingerprint density at radius 3 is 2.41 bits per heavy atom. The lowest BCUT2D eigenvalue weighted by molar-refractivity contribution is -0.141. The second-order valence-corrected chi connectivity index (χ2v) is 7.00. The first-order valence-corrected chi connectivity index (χ1v) is 9.66. The van der Waals surface area contributed by atoms with Crippen LogP contribution in [0.25, 0.3) is 0 Å². The molecule has 1 amide bonds. The summed E-state index contributed by atoms with van der Waals surface area (Å²) in [7, 11) is 0. The molecule has 0 bridgehead atoms. The van der Waals surface area contributed by atoms with Gasteiger partial charge < -0.3 is 19.5 Å². The lowest BCUT2D eigenvalue weighted by Gasteiger charge is -2.30. The topological polar surface area (TPSA) is 73.9 Å². The molecule has 1 rings (SSSR count). The molecule has 6 nitrogen and oxygen atoms in total. The van der Waals surface area contributed by atoms with Gasteiger partial charge in [0.15, 0.2) is 0 Å². The van der Waals surface area contributed by atoms with Gasteiger partial charge in [0, 0.05) is 12.3 Å². The molecule has 1 N–H and O–H groups in total. The van der Waals surface area contributed by atoms with Crippen LogP contribution in [0.2, 0.25) is 0 Å². The summed E-state index contributed by atoms with van der Waals surface area (Å²) < 4.78 is 16.5. The van der Waals surface area contributed by atoms with Crippen molar-refractivity contribution in [1.29, 1.82) is 0 Å². The minimum Gasteiger partial charge on any atom is -0.493 e. The first kappa shape index (κ1) is 23.0. The van der Waals surface area contributed by atoms with Gasteiger partial charge in [-0.1, -0.05) is 20.8 Å². The minimum absolute atomic E-state index is 0.233. The van der Waals surface area contributed by atoms with E-state index in [-0.39, 0.29) is 18.1 Å². The Hall–Kier alpha value is -2.08. The fourth-order valence-corrected chi connectivity index (χ4v) is 2.84. The summed E-state index contributed by atoms with van der Waals surface area (Å²) in [6.07, 6.45) is 1.43. The number of anilines is 1. The fourth-order valence-electron chi connectivity index (χ4n) is 2.84. The molecule has 0 saturated heterocycles. The van der Waals surface area contributed by atoms with Crippen molar-refractivity contribution in [1.82, 2.24) is 0 Å². The predicted molar refractivity (Wildman–Crippen MR) is 106 cm³/mol. The number of rotatable bonds is 11. The number of nitrogens with one attached hydrogen (secondary N) is 1. The molecule has 1 aromatic carbocycles. The third-order valence-corrected chi connectivity index (χ3v) is 3.94. The maximum atomic E-state index is 12.9. The molecule has 0 aliphatic carbocycles. The minimum atomic E-state index is -0.938. The molecule has 27 heavy (non-hydrogen) atoms. The molecule has 0 unspecified atom stereocenters. The van der Waals surface area contributed by atoms with Crippen molar-refractivity contribution in [2.45, 2.75) is 60.0 Å². The summed E-state index contributed by atoms with van der Waals surface area (Å²) in [6.45, 7) is 12.7. The molecule has 0 fully saturated rings. The van der Waals surface area contributed by atoms with Crippen molar-refractivity contribution in [2.24, 2.45) is 5.92 Å². The number of hydrogen-bond donors (Lipinski definition) is 1. The number of amides is 1. The molecular formula is C21H33NO5. The summed E-state index contributed by atoms with van der Waals surface area (Å²) >= 11 is 0. The summed E-state index contributed by atoms with van der Waals surface area (Å²) in [5.41, 5.74) is -0.148. The highest BCUT2D eigenvalue weighted by Crippen LogP contribution is 2.27. The van der Waals surface area contributed by atoms with E-state index in [0.29, 0.717) is 37.0 Å². The van der Waals surface area contributed by atoms with E-state index in [2.05, 4.69) is 19.2 Å². The number of carbonyl (C=O) groups is 2. The largest absolute Gasteiger partial charge is 0.493 e. The average molecular weight is 379 g/mol. The van der Waals surface area contributed by atoms with Crippen LogP contribution in [0.3, 0.4) is 0 Å². The van der Waals surface area contributed by atoms with E-state index in [9.17, 15) is 9.59 Å². The van der Waals surface area contributed by atoms with Gasteiger partial charge in [0.25, 0.3) is 5.91 Å². The number of benzene rings is 1. The molecule has 0 aliphatic rings. The fraction of sp³-hybridized carbons (Fsp3) is 0.619. The monoisotopic (exact) mass is 379 g/mol. The van der Waals surface area contributed by atoms with Crippen LogP contribution >= 0.6 is 0 Å². The first-order valence-electron chi connectivity index (χ1n) is 9.66. The van der Waals surface area contributed by atoms with Crippen molar-refractivity contribution < 1.29 is 23.8 Å². The van der Waals surface area contributed by atoms with Crippen LogP contribution < -0.4 is 10.1 Å². The third-order valence-electron chi connectivity index (χ3n) is 3.94. The standard InChI is InChI=1S/C21H33NO5/c1-7-12-27-21(6,14-15(4)5)20(24)22-16-10-11-18(25-8-2)17(13-16)19(23)26-9-3/h10-11,13,15H,7-9,12,14H2,1-6H3,(H,22,24)/t21-/m1/s1. The van der Waals surface area contributed by atoms with Gasteiger partial charge in [-0.05, 0) is 57.7 Å². The number of esters is 1. The second kappa shape index (κ2) is 10.9. The molecule has 6 heteroatoms. The zero-order valence-electron chi connectivity index (χ0n) is 17.4. The molecule has 0 saturated carbocycles. The van der Waals surface area contributed by atoms with Gasteiger partial charge >= 0.3 is 5.97 Å². The third kappa shape index (κ3) is 6.86. The van der Waals surface area contributed by atoms with Crippen molar-refractivity contribution in [3.05, 3.63) is 23.8 Å². The molecular weight excluding hydrogens is 346 g/mol. The Balaban J connectivity index is 3.08. The number of carbonyl (C=O) groups excluding carboxylic acids is 2. The van der Waals surface area contributed by atoms with E-state index in [1.807, 2.05) is 13.8 Å². The summed E-state index contributed by atoms with van der Waals surface area (Å²) in [5, 5.41) is 2.88. The Kier molecular flexibility index (Phi) is 9.29. The number of hydrogen-bond acceptors (Lipinski definition) is 5. The van der Waals surface area contributed by atoms with Gasteiger partial charge in [0.1, 0.15) is 16.9 Å². The van der Waals surface area contributed by atoms with E-state index in [1.54, 1.807) is 32.0 Å². The lowest BCUT2D eigenvalue weighted by atomic mass is 9.93. The Morgan fingerprint density at radius 1 is 1.15 bits per heavy atom. The molecule has 152 valence electrons. The van der Waals surface area contributed by atoms with Gasteiger partial charge in [-0.25, -0.2) is 4.79 Å². The SMILES string of the molecule is CCCO[C@](C)(CC(C)C)C(=O)Nc1ccc(OCC)c(C(=O)OCC)c1. The van der Waals surface area contributed by atoms with Crippen LogP contribution in [-0.4, -0.2) is 37.3 Å². The van der Waals surface area contributed by atoms with E-state index >= 15 is 0 Å². The average Bonchev–Trinajstić information content (AvgIpc) is 2.61. The Morgan fingerprint density at radius 2 is 1.85 bits per heavy atom. The van der Waals surface area contributed by atoms with E-state index in [4.69, 9.17) is 14.2 Å². The molecule has 0 aromatic heterocycles. The lowest BCUT2D eigenvalue weighted by Crippen LogP contribution is -2.44. The van der Waals surface area contributed by atoms with Crippen molar-refractivity contribution in [3.8, 4) is 5.75 Å². The number of ether oxygens (including phenoxy) is 3. The van der Waals surface area contributed by atoms with Gasteiger partial charge in [-0.2, -0.15) is 0 Å².